The molecule has 0 fully saturated rings. The zero-order valence-corrected chi connectivity index (χ0v) is 12.8. The largest absolute Gasteiger partial charge is 0.493 e. The highest BCUT2D eigenvalue weighted by Gasteiger charge is 2.11. The molecule has 1 atom stereocenters. The van der Waals surface area contributed by atoms with E-state index in [1.807, 2.05) is 30.3 Å². The molecule has 112 valence electrons. The van der Waals surface area contributed by atoms with Gasteiger partial charge in [-0.25, -0.2) is 0 Å². The summed E-state index contributed by atoms with van der Waals surface area (Å²) in [6.07, 6.45) is 0.389. The average Bonchev–Trinajstić information content (AvgIpc) is 2.47. The van der Waals surface area contributed by atoms with Gasteiger partial charge >= 0.3 is 0 Å². The molecule has 1 N–H and O–H groups in total. The van der Waals surface area contributed by atoms with Crippen molar-refractivity contribution in [2.45, 2.75) is 33.2 Å². The lowest BCUT2D eigenvalue weighted by molar-refractivity contribution is -0.121. The number of para-hydroxylation sites is 1. The van der Waals surface area contributed by atoms with Gasteiger partial charge in [-0.05, 0) is 32.1 Å². The predicted octanol–water partition coefficient (Wildman–Crippen LogP) is 2.30. The molecule has 1 aromatic carbocycles. The van der Waals surface area contributed by atoms with E-state index in [2.05, 4.69) is 31.0 Å². The van der Waals surface area contributed by atoms with Crippen molar-refractivity contribution < 1.29 is 9.53 Å². The molecule has 20 heavy (non-hydrogen) atoms. The summed E-state index contributed by atoms with van der Waals surface area (Å²) in [6.45, 7) is 9.51. The third-order valence-electron chi connectivity index (χ3n) is 3.37. The summed E-state index contributed by atoms with van der Waals surface area (Å²) in [4.78, 5) is 14.0. The quantitative estimate of drug-likeness (QED) is 0.753. The van der Waals surface area contributed by atoms with E-state index >= 15 is 0 Å². The number of nitrogens with one attached hydrogen (secondary N) is 1. The Kier molecular flexibility index (Phi) is 7.73. The summed E-state index contributed by atoms with van der Waals surface area (Å²) in [5, 5.41) is 2.96. The minimum Gasteiger partial charge on any atom is -0.493 e. The topological polar surface area (TPSA) is 41.6 Å². The number of benzene rings is 1. The molecule has 0 saturated heterocycles. The molecule has 0 bridgehead atoms. The molecule has 0 aliphatic rings. The van der Waals surface area contributed by atoms with E-state index in [9.17, 15) is 4.79 Å². The molecule has 0 aromatic heterocycles. The summed E-state index contributed by atoms with van der Waals surface area (Å²) in [6, 6.07) is 9.92. The normalized spacial score (nSPS) is 12.2. The number of hydrogen-bond acceptors (Lipinski definition) is 3. The first-order valence-electron chi connectivity index (χ1n) is 7.36. The van der Waals surface area contributed by atoms with Crippen molar-refractivity contribution in [2.24, 2.45) is 0 Å². The van der Waals surface area contributed by atoms with Crippen LogP contribution in [0.25, 0.3) is 0 Å². The Bertz CT molecular complexity index is 377. The van der Waals surface area contributed by atoms with E-state index in [0.29, 0.717) is 25.6 Å². The molecular formula is C16H26N2O2. The zero-order valence-electron chi connectivity index (χ0n) is 12.8. The van der Waals surface area contributed by atoms with Crippen LogP contribution in [0.5, 0.6) is 5.75 Å². The van der Waals surface area contributed by atoms with Crippen LogP contribution < -0.4 is 10.1 Å². The summed E-state index contributed by atoms with van der Waals surface area (Å²) >= 11 is 0. The van der Waals surface area contributed by atoms with Gasteiger partial charge in [-0.3, -0.25) is 9.69 Å². The smallest absolute Gasteiger partial charge is 0.223 e. The van der Waals surface area contributed by atoms with E-state index in [0.717, 1.165) is 18.8 Å². The number of likely N-dealkylation sites (N-methyl/N-ethyl adjacent to an activating group) is 1. The molecule has 1 rings (SSSR count). The molecule has 0 heterocycles. The van der Waals surface area contributed by atoms with Gasteiger partial charge in [0.05, 0.1) is 13.0 Å². The molecule has 1 aromatic rings. The number of rotatable bonds is 9. The number of carbonyl (C=O) groups excluding carboxylic acids is 1. The maximum Gasteiger partial charge on any atom is 0.223 e. The van der Waals surface area contributed by atoms with Crippen molar-refractivity contribution in [2.75, 3.05) is 26.2 Å². The average molecular weight is 278 g/mol. The Morgan fingerprint density at radius 1 is 1.25 bits per heavy atom. The van der Waals surface area contributed by atoms with Crippen molar-refractivity contribution in [1.29, 1.82) is 0 Å². The van der Waals surface area contributed by atoms with Crippen molar-refractivity contribution in [1.82, 2.24) is 10.2 Å². The van der Waals surface area contributed by atoms with Crippen LogP contribution in [-0.4, -0.2) is 43.1 Å². The molecular weight excluding hydrogens is 252 g/mol. The minimum atomic E-state index is 0.0416. The summed E-state index contributed by atoms with van der Waals surface area (Å²) in [5.41, 5.74) is 0. The van der Waals surface area contributed by atoms with E-state index in [-0.39, 0.29) is 5.91 Å². The number of amides is 1. The molecule has 1 amide bonds. The molecule has 4 heteroatoms. The third kappa shape index (κ3) is 6.06. The minimum absolute atomic E-state index is 0.0416. The van der Waals surface area contributed by atoms with Crippen LogP contribution >= 0.6 is 0 Å². The second-order valence-corrected chi connectivity index (χ2v) is 4.79. The van der Waals surface area contributed by atoms with Crippen LogP contribution in [0.2, 0.25) is 0 Å². The molecule has 0 aliphatic heterocycles. The van der Waals surface area contributed by atoms with Gasteiger partial charge in [0, 0.05) is 12.6 Å². The Balaban J connectivity index is 2.17. The maximum atomic E-state index is 11.7. The second kappa shape index (κ2) is 9.37. The standard InChI is InChI=1S/C16H26N2O2/c1-4-18(5-2)14(3)13-17-16(19)11-12-20-15-9-7-6-8-10-15/h6-10,14H,4-5,11-13H2,1-3H3,(H,17,19). The van der Waals surface area contributed by atoms with E-state index < -0.39 is 0 Å². The van der Waals surface area contributed by atoms with E-state index in [1.165, 1.54) is 0 Å². The van der Waals surface area contributed by atoms with Crippen LogP contribution in [0.4, 0.5) is 0 Å². The molecule has 0 spiro atoms. The van der Waals surface area contributed by atoms with Gasteiger partial charge in [-0.1, -0.05) is 32.0 Å². The highest BCUT2D eigenvalue weighted by Crippen LogP contribution is 2.08. The first-order chi connectivity index (χ1) is 9.67. The first-order valence-corrected chi connectivity index (χ1v) is 7.36. The Hall–Kier alpha value is -1.55. The van der Waals surface area contributed by atoms with Crippen molar-refractivity contribution >= 4 is 5.91 Å². The predicted molar refractivity (Wildman–Crippen MR) is 81.9 cm³/mol. The molecule has 0 aliphatic carbocycles. The molecule has 1 unspecified atom stereocenters. The van der Waals surface area contributed by atoms with Gasteiger partial charge in [-0.2, -0.15) is 0 Å². The number of nitrogens with zero attached hydrogens (tertiary/aromatic N) is 1. The Morgan fingerprint density at radius 2 is 1.90 bits per heavy atom. The van der Waals surface area contributed by atoms with E-state index in [1.54, 1.807) is 0 Å². The fourth-order valence-corrected chi connectivity index (χ4v) is 2.10. The number of carbonyl (C=O) groups is 1. The fraction of sp³-hybridized carbons (Fsp3) is 0.562. The van der Waals surface area contributed by atoms with Gasteiger partial charge in [0.2, 0.25) is 5.91 Å². The summed E-state index contributed by atoms with van der Waals surface area (Å²) in [5.74, 6) is 0.844. The van der Waals surface area contributed by atoms with Gasteiger partial charge in [0.15, 0.2) is 0 Å². The highest BCUT2D eigenvalue weighted by molar-refractivity contribution is 5.76. The van der Waals surface area contributed by atoms with Crippen LogP contribution in [-0.2, 0) is 4.79 Å². The highest BCUT2D eigenvalue weighted by atomic mass is 16.5. The third-order valence-corrected chi connectivity index (χ3v) is 3.37. The van der Waals surface area contributed by atoms with Crippen LogP contribution in [0.15, 0.2) is 30.3 Å². The number of ether oxygens (including phenoxy) is 1. The lowest BCUT2D eigenvalue weighted by Gasteiger charge is -2.26. The van der Waals surface area contributed by atoms with Crippen molar-refractivity contribution in [3.05, 3.63) is 30.3 Å². The SMILES string of the molecule is CCN(CC)C(C)CNC(=O)CCOc1ccccc1. The molecule has 0 saturated carbocycles. The maximum absolute atomic E-state index is 11.7. The van der Waals surface area contributed by atoms with Crippen molar-refractivity contribution in [3.63, 3.8) is 0 Å². The summed E-state index contributed by atoms with van der Waals surface area (Å²) < 4.78 is 5.50. The zero-order chi connectivity index (χ0) is 14.8. The lowest BCUT2D eigenvalue weighted by Crippen LogP contribution is -2.42. The Morgan fingerprint density at radius 3 is 2.50 bits per heavy atom. The Labute approximate surface area is 122 Å². The lowest BCUT2D eigenvalue weighted by atomic mass is 10.2. The van der Waals surface area contributed by atoms with Gasteiger partial charge in [0.1, 0.15) is 5.75 Å². The van der Waals surface area contributed by atoms with E-state index in [4.69, 9.17) is 4.74 Å². The molecule has 4 nitrogen and oxygen atoms in total. The first kappa shape index (κ1) is 16.5. The second-order valence-electron chi connectivity index (χ2n) is 4.79. The van der Waals surface area contributed by atoms with Crippen LogP contribution in [0.1, 0.15) is 27.2 Å². The monoisotopic (exact) mass is 278 g/mol. The number of hydrogen-bond donors (Lipinski definition) is 1. The van der Waals surface area contributed by atoms with Crippen LogP contribution in [0.3, 0.4) is 0 Å². The summed E-state index contributed by atoms with van der Waals surface area (Å²) in [7, 11) is 0. The van der Waals surface area contributed by atoms with Crippen LogP contribution in [0, 0.1) is 0 Å². The van der Waals surface area contributed by atoms with Gasteiger partial charge in [-0.15, -0.1) is 0 Å². The van der Waals surface area contributed by atoms with Crippen molar-refractivity contribution in [3.8, 4) is 5.75 Å². The van der Waals surface area contributed by atoms with Gasteiger partial charge in [0.25, 0.3) is 0 Å². The van der Waals surface area contributed by atoms with Gasteiger partial charge < -0.3 is 10.1 Å². The molecule has 0 radical (unpaired) electrons. The fourth-order valence-electron chi connectivity index (χ4n) is 2.10.